The summed E-state index contributed by atoms with van der Waals surface area (Å²) in [6, 6.07) is 13.2. The van der Waals surface area contributed by atoms with Crippen LogP contribution in [0.15, 0.2) is 53.4 Å². The van der Waals surface area contributed by atoms with Gasteiger partial charge in [0, 0.05) is 25.4 Å². The topological polar surface area (TPSA) is 97.0 Å². The van der Waals surface area contributed by atoms with Gasteiger partial charge < -0.3 is 14.8 Å². The highest BCUT2D eigenvalue weighted by atomic mass is 32.2. The van der Waals surface area contributed by atoms with E-state index in [1.807, 2.05) is 20.8 Å². The van der Waals surface area contributed by atoms with Gasteiger partial charge >= 0.3 is 0 Å². The molecule has 2 N–H and O–H groups in total. The number of thiocarbonyl (C=S) groups is 1. The van der Waals surface area contributed by atoms with Crippen molar-refractivity contribution in [2.24, 2.45) is 0 Å². The molecule has 2 rings (SSSR count). The average molecular weight is 508 g/mol. The summed E-state index contributed by atoms with van der Waals surface area (Å²) in [5.41, 5.74) is 0.902. The van der Waals surface area contributed by atoms with Crippen LogP contribution in [0.25, 0.3) is 0 Å². The number of carbonyl (C=O) groups excluding carboxylic acids is 1. The molecule has 0 saturated carbocycles. The van der Waals surface area contributed by atoms with Crippen LogP contribution >= 0.6 is 12.2 Å². The van der Waals surface area contributed by atoms with Crippen molar-refractivity contribution in [2.45, 2.75) is 38.5 Å². The normalized spacial score (nSPS) is 11.3. The highest BCUT2D eigenvalue weighted by molar-refractivity contribution is 7.89. The number of anilines is 1. The average Bonchev–Trinajstić information content (AvgIpc) is 2.82. The van der Waals surface area contributed by atoms with E-state index in [1.54, 1.807) is 36.4 Å². The number of benzene rings is 2. The van der Waals surface area contributed by atoms with Crippen LogP contribution in [0.1, 0.15) is 44.0 Å². The van der Waals surface area contributed by atoms with Crippen LogP contribution in [0.2, 0.25) is 0 Å². The lowest BCUT2D eigenvalue weighted by Crippen LogP contribution is -2.34. The summed E-state index contributed by atoms with van der Waals surface area (Å²) in [4.78, 5) is 12.9. The predicted octanol–water partition coefficient (Wildman–Crippen LogP) is 4.04. The van der Waals surface area contributed by atoms with Crippen LogP contribution in [0.4, 0.5) is 5.69 Å². The van der Waals surface area contributed by atoms with Gasteiger partial charge in [0.05, 0.1) is 17.1 Å². The number of para-hydroxylation sites is 1. The van der Waals surface area contributed by atoms with Gasteiger partial charge in [0.25, 0.3) is 5.91 Å². The third kappa shape index (κ3) is 8.05. The van der Waals surface area contributed by atoms with Crippen molar-refractivity contribution in [1.29, 1.82) is 0 Å². The van der Waals surface area contributed by atoms with E-state index in [0.29, 0.717) is 49.9 Å². The lowest BCUT2D eigenvalue weighted by Gasteiger charge is -2.21. The number of hydrogen-bond donors (Lipinski definition) is 2. The second-order valence-electron chi connectivity index (χ2n) is 7.38. The highest BCUT2D eigenvalue weighted by Crippen LogP contribution is 2.20. The summed E-state index contributed by atoms with van der Waals surface area (Å²) < 4.78 is 38.2. The van der Waals surface area contributed by atoms with E-state index in [4.69, 9.17) is 21.7 Å². The molecule has 0 spiro atoms. The second kappa shape index (κ2) is 14.0. The van der Waals surface area contributed by atoms with Crippen molar-refractivity contribution in [3.8, 4) is 5.75 Å². The molecule has 0 heterocycles. The quantitative estimate of drug-likeness (QED) is 0.312. The van der Waals surface area contributed by atoms with Gasteiger partial charge in [-0.3, -0.25) is 10.1 Å². The van der Waals surface area contributed by atoms with Crippen LogP contribution < -0.4 is 15.4 Å². The molecule has 0 aliphatic rings. The molecule has 0 saturated heterocycles. The lowest BCUT2D eigenvalue weighted by atomic mass is 10.2. The molecular formula is C24H33N3O5S2. The van der Waals surface area contributed by atoms with Gasteiger partial charge in [-0.2, -0.15) is 4.31 Å². The van der Waals surface area contributed by atoms with Crippen molar-refractivity contribution < 1.29 is 22.7 Å². The summed E-state index contributed by atoms with van der Waals surface area (Å²) in [6.07, 6.45) is 1.49. The van der Waals surface area contributed by atoms with Gasteiger partial charge in [-0.15, -0.1) is 0 Å². The molecule has 2 aromatic carbocycles. The number of rotatable bonds is 13. The molecule has 8 nitrogen and oxygen atoms in total. The Labute approximate surface area is 207 Å². The zero-order valence-electron chi connectivity index (χ0n) is 19.9. The van der Waals surface area contributed by atoms with E-state index < -0.39 is 15.9 Å². The Bertz CT molecular complexity index is 1040. The van der Waals surface area contributed by atoms with Crippen molar-refractivity contribution in [3.63, 3.8) is 0 Å². The van der Waals surface area contributed by atoms with Crippen molar-refractivity contribution >= 4 is 38.9 Å². The minimum Gasteiger partial charge on any atom is -0.490 e. The second-order valence-corrected chi connectivity index (χ2v) is 9.72. The maximum atomic E-state index is 12.9. The Morgan fingerprint density at radius 2 is 1.62 bits per heavy atom. The van der Waals surface area contributed by atoms with Crippen LogP contribution in [-0.2, 0) is 14.8 Å². The Kier molecular flexibility index (Phi) is 11.4. The van der Waals surface area contributed by atoms with Crippen LogP contribution in [-0.4, -0.2) is 56.7 Å². The van der Waals surface area contributed by atoms with Crippen molar-refractivity contribution in [3.05, 3.63) is 54.1 Å². The minimum atomic E-state index is -3.56. The molecule has 0 aromatic heterocycles. The van der Waals surface area contributed by atoms with Gasteiger partial charge in [0.15, 0.2) is 5.11 Å². The molecule has 34 heavy (non-hydrogen) atoms. The van der Waals surface area contributed by atoms with Crippen LogP contribution in [0.5, 0.6) is 5.75 Å². The number of nitrogens with one attached hydrogen (secondary N) is 2. The van der Waals surface area contributed by atoms with Gasteiger partial charge in [0.2, 0.25) is 10.0 Å². The molecule has 0 aliphatic carbocycles. The number of sulfonamides is 1. The summed E-state index contributed by atoms with van der Waals surface area (Å²) in [6.45, 7) is 8.09. The Balaban J connectivity index is 2.01. The van der Waals surface area contributed by atoms with E-state index in [9.17, 15) is 13.2 Å². The first-order chi connectivity index (χ1) is 16.3. The molecule has 0 bridgehead atoms. The van der Waals surface area contributed by atoms with E-state index in [0.717, 1.165) is 12.8 Å². The standard InChI is InChI=1S/C24H33N3O5S2/c1-4-15-27(16-5-2)34(29,30)20-13-11-19(12-14-20)25-24(33)26-23(28)21-9-7-8-10-22(21)32-18-17-31-6-3/h7-14H,4-6,15-18H2,1-3H3,(H2,25,26,28,33). The molecule has 0 fully saturated rings. The van der Waals surface area contributed by atoms with Gasteiger partial charge in [-0.1, -0.05) is 26.0 Å². The fourth-order valence-electron chi connectivity index (χ4n) is 3.18. The maximum Gasteiger partial charge on any atom is 0.261 e. The number of amides is 1. The molecular weight excluding hydrogens is 474 g/mol. The molecule has 0 unspecified atom stereocenters. The highest BCUT2D eigenvalue weighted by Gasteiger charge is 2.23. The summed E-state index contributed by atoms with van der Waals surface area (Å²) in [5, 5.41) is 5.62. The molecule has 2 aromatic rings. The predicted molar refractivity (Wildman–Crippen MR) is 138 cm³/mol. The zero-order valence-corrected chi connectivity index (χ0v) is 21.5. The number of hydrogen-bond acceptors (Lipinski definition) is 6. The van der Waals surface area contributed by atoms with Gasteiger partial charge in [0.1, 0.15) is 12.4 Å². The largest absolute Gasteiger partial charge is 0.490 e. The number of carbonyl (C=O) groups is 1. The van der Waals surface area contributed by atoms with E-state index in [2.05, 4.69) is 10.6 Å². The van der Waals surface area contributed by atoms with E-state index in [1.165, 1.54) is 16.4 Å². The molecule has 186 valence electrons. The number of nitrogens with zero attached hydrogens (tertiary/aromatic N) is 1. The SMILES string of the molecule is CCCN(CCC)S(=O)(=O)c1ccc(NC(=S)NC(=O)c2ccccc2OCCOCC)cc1. The summed E-state index contributed by atoms with van der Waals surface area (Å²) >= 11 is 5.26. The fraction of sp³-hybridized carbons (Fsp3) is 0.417. The smallest absolute Gasteiger partial charge is 0.261 e. The fourth-order valence-corrected chi connectivity index (χ4v) is 5.01. The summed E-state index contributed by atoms with van der Waals surface area (Å²) in [7, 11) is -3.56. The summed E-state index contributed by atoms with van der Waals surface area (Å²) in [5.74, 6) is 0.0132. The number of ether oxygens (including phenoxy) is 2. The van der Waals surface area contributed by atoms with Crippen LogP contribution in [0, 0.1) is 0 Å². The lowest BCUT2D eigenvalue weighted by molar-refractivity contribution is 0.0958. The van der Waals surface area contributed by atoms with Gasteiger partial charge in [-0.25, -0.2) is 8.42 Å². The molecule has 0 aliphatic heterocycles. The van der Waals surface area contributed by atoms with Crippen LogP contribution in [0.3, 0.4) is 0 Å². The third-order valence-corrected chi connectivity index (χ3v) is 6.86. The minimum absolute atomic E-state index is 0.0864. The third-order valence-electron chi connectivity index (χ3n) is 4.74. The van der Waals surface area contributed by atoms with E-state index >= 15 is 0 Å². The molecule has 1 amide bonds. The monoisotopic (exact) mass is 507 g/mol. The Morgan fingerprint density at radius 1 is 0.971 bits per heavy atom. The Hall–Kier alpha value is -2.53. The maximum absolute atomic E-state index is 12.9. The van der Waals surface area contributed by atoms with Gasteiger partial charge in [-0.05, 0) is 68.4 Å². The first kappa shape index (κ1) is 27.7. The first-order valence-electron chi connectivity index (χ1n) is 11.4. The zero-order chi connectivity index (χ0) is 25.0. The first-order valence-corrected chi connectivity index (χ1v) is 13.2. The van der Waals surface area contributed by atoms with Crippen molar-refractivity contribution in [1.82, 2.24) is 9.62 Å². The van der Waals surface area contributed by atoms with E-state index in [-0.39, 0.29) is 10.0 Å². The molecule has 0 atom stereocenters. The Morgan fingerprint density at radius 3 is 2.24 bits per heavy atom. The molecule has 10 heteroatoms. The van der Waals surface area contributed by atoms with Crippen molar-refractivity contribution in [2.75, 3.05) is 38.2 Å². The molecule has 0 radical (unpaired) electrons.